The Bertz CT molecular complexity index is 704. The Morgan fingerprint density at radius 1 is 1.10 bits per heavy atom. The number of carbonyl (C=O) groups excluding carboxylic acids is 1. The molecule has 0 aliphatic carbocycles. The third-order valence-corrected chi connectivity index (χ3v) is 4.82. The minimum atomic E-state index is 0.0218. The van der Waals surface area contributed by atoms with Crippen LogP contribution < -0.4 is 14.4 Å². The fourth-order valence-electron chi connectivity index (χ4n) is 3.08. The van der Waals surface area contributed by atoms with Crippen LogP contribution in [0.25, 0.3) is 0 Å². The highest BCUT2D eigenvalue weighted by Crippen LogP contribution is 2.23. The van der Waals surface area contributed by atoms with E-state index in [9.17, 15) is 4.79 Å². The molecule has 6 nitrogen and oxygen atoms in total. The zero-order chi connectivity index (χ0) is 22.4. The molecule has 1 unspecified atom stereocenters. The van der Waals surface area contributed by atoms with Crippen LogP contribution in [0.1, 0.15) is 25.8 Å². The molecule has 1 heterocycles. The predicted molar refractivity (Wildman–Crippen MR) is 123 cm³/mol. The zero-order valence-electron chi connectivity index (χ0n) is 18.9. The summed E-state index contributed by atoms with van der Waals surface area (Å²) in [5, 5.41) is 8.71. The topological polar surface area (TPSA) is 62.2 Å². The number of benzene rings is 2. The molecule has 30 heavy (non-hydrogen) atoms. The van der Waals surface area contributed by atoms with E-state index in [1.54, 1.807) is 31.4 Å². The molecule has 0 bridgehead atoms. The zero-order valence-corrected chi connectivity index (χ0v) is 18.9. The van der Waals surface area contributed by atoms with Crippen LogP contribution in [0.4, 0.5) is 5.69 Å². The van der Waals surface area contributed by atoms with Crippen LogP contribution in [-0.2, 0) is 11.4 Å². The van der Waals surface area contributed by atoms with Crippen LogP contribution in [-0.4, -0.2) is 63.2 Å². The number of likely N-dealkylation sites (tertiary alicyclic amines) is 1. The van der Waals surface area contributed by atoms with E-state index in [0.29, 0.717) is 18.1 Å². The fourth-order valence-corrected chi connectivity index (χ4v) is 3.08. The SMILES string of the molecule is CC.COc1ccc(N(C)C2CCN(C)C2)cc1.O=CCOc1ccc(CO)cc1. The molecule has 3 rings (SSSR count). The first-order valence-corrected chi connectivity index (χ1v) is 10.4. The van der Waals surface area contributed by atoms with Crippen molar-refractivity contribution in [2.24, 2.45) is 0 Å². The Morgan fingerprint density at radius 3 is 2.17 bits per heavy atom. The van der Waals surface area contributed by atoms with Crippen LogP contribution >= 0.6 is 0 Å². The molecule has 2 aromatic rings. The molecule has 1 fully saturated rings. The number of likely N-dealkylation sites (N-methyl/N-ethyl adjacent to an activating group) is 2. The Morgan fingerprint density at radius 2 is 1.70 bits per heavy atom. The van der Waals surface area contributed by atoms with Crippen molar-refractivity contribution < 1.29 is 19.4 Å². The van der Waals surface area contributed by atoms with Gasteiger partial charge in [-0.15, -0.1) is 0 Å². The molecule has 0 spiro atoms. The van der Waals surface area contributed by atoms with Gasteiger partial charge < -0.3 is 24.4 Å². The Labute approximate surface area is 181 Å². The molecule has 0 amide bonds. The van der Waals surface area contributed by atoms with Crippen molar-refractivity contribution >= 4 is 12.0 Å². The van der Waals surface area contributed by atoms with Crippen molar-refractivity contribution in [1.29, 1.82) is 0 Å². The van der Waals surface area contributed by atoms with Gasteiger partial charge in [0, 0.05) is 25.3 Å². The minimum absolute atomic E-state index is 0.0218. The second-order valence-corrected chi connectivity index (χ2v) is 6.79. The molecule has 1 aliphatic heterocycles. The maximum atomic E-state index is 9.94. The predicted octanol–water partition coefficient (Wildman–Crippen LogP) is 3.62. The monoisotopic (exact) mass is 416 g/mol. The lowest BCUT2D eigenvalue weighted by Crippen LogP contribution is -2.33. The van der Waals surface area contributed by atoms with E-state index in [1.165, 1.54) is 18.7 Å². The summed E-state index contributed by atoms with van der Waals surface area (Å²) in [7, 11) is 6.05. The molecule has 2 aromatic carbocycles. The normalized spacial score (nSPS) is 15.2. The standard InChI is InChI=1S/C13H20N2O.C9H10O3.C2H6/c1-14-9-8-12(10-14)15(2)11-4-6-13(16-3)7-5-11;10-5-6-12-9-3-1-8(7-11)2-4-9;1-2/h4-7,12H,8-10H2,1-3H3;1-5,11H,6-7H2;1-2H3. The molecule has 1 saturated heterocycles. The van der Waals surface area contributed by atoms with Gasteiger partial charge in [-0.3, -0.25) is 4.79 Å². The lowest BCUT2D eigenvalue weighted by Gasteiger charge is -2.26. The average Bonchev–Trinajstić information content (AvgIpc) is 3.25. The van der Waals surface area contributed by atoms with Gasteiger partial charge in [0.05, 0.1) is 13.7 Å². The third kappa shape index (κ3) is 8.43. The van der Waals surface area contributed by atoms with Crippen molar-refractivity contribution in [2.75, 3.05) is 45.8 Å². The van der Waals surface area contributed by atoms with Crippen molar-refractivity contribution in [2.45, 2.75) is 32.9 Å². The summed E-state index contributed by atoms with van der Waals surface area (Å²) >= 11 is 0. The van der Waals surface area contributed by atoms with E-state index in [2.05, 4.69) is 36.0 Å². The number of methoxy groups -OCH3 is 1. The van der Waals surface area contributed by atoms with Crippen LogP contribution in [0.3, 0.4) is 0 Å². The quantitative estimate of drug-likeness (QED) is 0.696. The van der Waals surface area contributed by atoms with E-state index in [0.717, 1.165) is 17.9 Å². The molecule has 0 aromatic heterocycles. The number of nitrogens with zero attached hydrogens (tertiary/aromatic N) is 2. The maximum absolute atomic E-state index is 9.94. The highest BCUT2D eigenvalue weighted by molar-refractivity contribution is 5.51. The van der Waals surface area contributed by atoms with Gasteiger partial charge in [-0.25, -0.2) is 0 Å². The lowest BCUT2D eigenvalue weighted by atomic mass is 10.2. The van der Waals surface area contributed by atoms with E-state index in [-0.39, 0.29) is 13.2 Å². The van der Waals surface area contributed by atoms with Crippen molar-refractivity contribution in [3.8, 4) is 11.5 Å². The van der Waals surface area contributed by atoms with Gasteiger partial charge in [0.2, 0.25) is 0 Å². The number of ether oxygens (including phenoxy) is 2. The summed E-state index contributed by atoms with van der Waals surface area (Å²) < 4.78 is 10.2. The Hall–Kier alpha value is -2.57. The first kappa shape index (κ1) is 25.5. The van der Waals surface area contributed by atoms with Crippen molar-refractivity contribution in [3.63, 3.8) is 0 Å². The molecule has 1 atom stereocenters. The van der Waals surface area contributed by atoms with Crippen LogP contribution in [0.15, 0.2) is 48.5 Å². The first-order valence-electron chi connectivity index (χ1n) is 10.4. The number of hydrogen-bond acceptors (Lipinski definition) is 6. The summed E-state index contributed by atoms with van der Waals surface area (Å²) in [6.07, 6.45) is 1.94. The second-order valence-electron chi connectivity index (χ2n) is 6.79. The summed E-state index contributed by atoms with van der Waals surface area (Å²) in [6, 6.07) is 15.9. The largest absolute Gasteiger partial charge is 0.497 e. The van der Waals surface area contributed by atoms with Gasteiger partial charge in [-0.1, -0.05) is 26.0 Å². The van der Waals surface area contributed by atoms with E-state index in [4.69, 9.17) is 14.6 Å². The molecular weight excluding hydrogens is 380 g/mol. The first-order chi connectivity index (χ1) is 14.6. The molecular formula is C24H36N2O4. The van der Waals surface area contributed by atoms with Gasteiger partial charge in [0.1, 0.15) is 18.1 Å². The smallest absolute Gasteiger partial charge is 0.157 e. The van der Waals surface area contributed by atoms with E-state index < -0.39 is 0 Å². The van der Waals surface area contributed by atoms with Crippen LogP contribution in [0.5, 0.6) is 11.5 Å². The lowest BCUT2D eigenvalue weighted by molar-refractivity contribution is -0.109. The number of anilines is 1. The second kappa shape index (κ2) is 14.4. The maximum Gasteiger partial charge on any atom is 0.157 e. The van der Waals surface area contributed by atoms with Crippen molar-refractivity contribution in [1.82, 2.24) is 4.90 Å². The van der Waals surface area contributed by atoms with E-state index >= 15 is 0 Å². The summed E-state index contributed by atoms with van der Waals surface area (Å²) in [4.78, 5) is 14.7. The Balaban J connectivity index is 0.000000287. The highest BCUT2D eigenvalue weighted by atomic mass is 16.5. The molecule has 0 radical (unpaired) electrons. The number of aliphatic hydroxyl groups is 1. The summed E-state index contributed by atoms with van der Waals surface area (Å²) in [6.45, 7) is 6.44. The molecule has 6 heteroatoms. The summed E-state index contributed by atoms with van der Waals surface area (Å²) in [5.74, 6) is 1.56. The van der Waals surface area contributed by atoms with Crippen LogP contribution in [0, 0.1) is 0 Å². The number of carbonyl (C=O) groups is 1. The van der Waals surface area contributed by atoms with Gasteiger partial charge in [-0.2, -0.15) is 0 Å². The van der Waals surface area contributed by atoms with Gasteiger partial charge in [-0.05, 0) is 62.0 Å². The van der Waals surface area contributed by atoms with Gasteiger partial charge in [0.25, 0.3) is 0 Å². The number of hydrogen-bond donors (Lipinski definition) is 1. The average molecular weight is 417 g/mol. The summed E-state index contributed by atoms with van der Waals surface area (Å²) in [5.41, 5.74) is 2.09. The molecule has 0 saturated carbocycles. The van der Waals surface area contributed by atoms with Crippen LogP contribution in [0.2, 0.25) is 0 Å². The Kier molecular flexibility index (Phi) is 12.2. The third-order valence-electron chi connectivity index (χ3n) is 4.82. The number of rotatable bonds is 7. The molecule has 1 N–H and O–H groups in total. The minimum Gasteiger partial charge on any atom is -0.497 e. The molecule has 1 aliphatic rings. The highest BCUT2D eigenvalue weighted by Gasteiger charge is 2.23. The van der Waals surface area contributed by atoms with Crippen molar-refractivity contribution in [3.05, 3.63) is 54.1 Å². The van der Waals surface area contributed by atoms with Gasteiger partial charge in [0.15, 0.2) is 6.29 Å². The van der Waals surface area contributed by atoms with Gasteiger partial charge >= 0.3 is 0 Å². The number of aliphatic hydroxyl groups excluding tert-OH is 1. The van der Waals surface area contributed by atoms with E-state index in [1.807, 2.05) is 26.0 Å². The number of aldehydes is 1. The fraction of sp³-hybridized carbons (Fsp3) is 0.458. The molecule has 166 valence electrons.